The maximum absolute atomic E-state index is 7.77. The topological polar surface area (TPSA) is 31.4 Å². The number of nitrogens with zero attached hydrogens (tertiary/aromatic N) is 1. The third kappa shape index (κ3) is 5.22. The molecule has 188 valence electrons. The van der Waals surface area contributed by atoms with Crippen LogP contribution in [0, 0.1) is 11.5 Å². The molecule has 0 spiro atoms. The average Bonchev–Trinajstić information content (AvgIpc) is 3.22. The Bertz CT molecular complexity index is 1270. The minimum absolute atomic E-state index is 0.0299. The van der Waals surface area contributed by atoms with Gasteiger partial charge in [-0.2, -0.15) is 0 Å². The van der Waals surface area contributed by atoms with Crippen molar-refractivity contribution < 1.29 is 9.16 Å². The fourth-order valence-electron chi connectivity index (χ4n) is 5.26. The SMILES string of the molecule is COc1ccccc1[C@](C#C[Si](C)(C)C)(Cc1ccccn1)O[Si@@]1(C(C)(C)C)CCc2ccccc21. The molecule has 1 aromatic heterocycles. The van der Waals surface area contributed by atoms with Gasteiger partial charge in [0.25, 0.3) is 0 Å². The highest BCUT2D eigenvalue weighted by molar-refractivity contribution is 6.90. The van der Waals surface area contributed by atoms with Gasteiger partial charge in [-0.25, -0.2) is 0 Å². The first kappa shape index (κ1) is 26.4. The van der Waals surface area contributed by atoms with E-state index >= 15 is 0 Å². The van der Waals surface area contributed by atoms with E-state index in [9.17, 15) is 0 Å². The summed E-state index contributed by atoms with van der Waals surface area (Å²) in [5, 5.41) is 1.38. The molecule has 0 amide bonds. The summed E-state index contributed by atoms with van der Waals surface area (Å²) >= 11 is 0. The van der Waals surface area contributed by atoms with Crippen LogP contribution in [0.2, 0.25) is 30.7 Å². The number of pyridine rings is 1. The number of aryl methyl sites for hydroxylation is 1. The van der Waals surface area contributed by atoms with Gasteiger partial charge in [0.05, 0.1) is 7.11 Å². The van der Waals surface area contributed by atoms with Gasteiger partial charge in [-0.15, -0.1) is 5.54 Å². The summed E-state index contributed by atoms with van der Waals surface area (Å²) < 4.78 is 13.7. The molecule has 1 aliphatic heterocycles. The van der Waals surface area contributed by atoms with Crippen LogP contribution in [0.4, 0.5) is 0 Å². The van der Waals surface area contributed by atoms with Crippen molar-refractivity contribution in [3.63, 3.8) is 0 Å². The lowest BCUT2D eigenvalue weighted by Gasteiger charge is -2.46. The van der Waals surface area contributed by atoms with Crippen molar-refractivity contribution in [1.82, 2.24) is 4.98 Å². The van der Waals surface area contributed by atoms with Crippen molar-refractivity contribution in [1.29, 1.82) is 0 Å². The van der Waals surface area contributed by atoms with E-state index in [1.807, 2.05) is 30.5 Å². The van der Waals surface area contributed by atoms with E-state index in [1.54, 1.807) is 7.11 Å². The number of rotatable bonds is 6. The van der Waals surface area contributed by atoms with Gasteiger partial charge in [0.1, 0.15) is 13.8 Å². The Kier molecular flexibility index (Phi) is 7.34. The fraction of sp³-hybridized carbons (Fsp3) is 0.387. The molecule has 0 unspecified atom stereocenters. The summed E-state index contributed by atoms with van der Waals surface area (Å²) in [6, 6.07) is 24.3. The van der Waals surface area contributed by atoms with Crippen LogP contribution in [0.5, 0.6) is 5.75 Å². The quantitative estimate of drug-likeness (QED) is 0.274. The molecule has 5 heteroatoms. The van der Waals surface area contributed by atoms with Crippen molar-refractivity contribution in [3.8, 4) is 17.2 Å². The number of methoxy groups -OCH3 is 1. The molecule has 0 N–H and O–H groups in total. The molecular weight excluding hydrogens is 475 g/mol. The predicted molar refractivity (Wildman–Crippen MR) is 155 cm³/mol. The number of hydrogen-bond donors (Lipinski definition) is 0. The van der Waals surface area contributed by atoms with Gasteiger partial charge in [-0.3, -0.25) is 4.98 Å². The summed E-state index contributed by atoms with van der Waals surface area (Å²) in [5.41, 5.74) is 6.21. The first-order valence-electron chi connectivity index (χ1n) is 12.9. The Hall–Kier alpha value is -2.66. The Balaban J connectivity index is 2.03. The third-order valence-electron chi connectivity index (χ3n) is 7.10. The van der Waals surface area contributed by atoms with Crippen molar-refractivity contribution in [2.24, 2.45) is 0 Å². The lowest BCUT2D eigenvalue weighted by atomic mass is 9.89. The zero-order valence-electron chi connectivity index (χ0n) is 22.8. The monoisotopic (exact) mass is 513 g/mol. The lowest BCUT2D eigenvalue weighted by Crippen LogP contribution is -2.60. The highest BCUT2D eigenvalue weighted by Crippen LogP contribution is 2.49. The molecule has 2 aromatic carbocycles. The molecule has 3 aromatic rings. The van der Waals surface area contributed by atoms with E-state index in [0.717, 1.165) is 29.5 Å². The van der Waals surface area contributed by atoms with Crippen LogP contribution in [-0.4, -0.2) is 28.5 Å². The van der Waals surface area contributed by atoms with Crippen molar-refractivity contribution >= 4 is 21.6 Å². The zero-order valence-corrected chi connectivity index (χ0v) is 24.8. The summed E-state index contributed by atoms with van der Waals surface area (Å²) in [6.45, 7) is 13.9. The molecule has 0 saturated heterocycles. The highest BCUT2D eigenvalue weighted by atomic mass is 28.4. The molecule has 1 aliphatic rings. The minimum Gasteiger partial charge on any atom is -0.496 e. The number of hydrogen-bond acceptors (Lipinski definition) is 3. The standard InChI is InChI=1S/C31H39NO2Si2/c1-30(2,3)36(22-19-25-14-8-11-18-29(25)36)34-31(20-23-35(5,6)7,24-26-15-12-13-21-32-26)27-16-9-10-17-28(27)33-4/h8-18,21H,19,22,24H2,1-7H3/t31-,36-/m0/s1. The van der Waals surface area contributed by atoms with Gasteiger partial charge in [-0.05, 0) is 46.5 Å². The van der Waals surface area contributed by atoms with Crippen molar-refractivity contribution in [3.05, 3.63) is 89.7 Å². The smallest absolute Gasteiger partial charge is 0.232 e. The summed E-state index contributed by atoms with van der Waals surface area (Å²) in [6.07, 6.45) is 3.47. The van der Waals surface area contributed by atoms with E-state index in [1.165, 1.54) is 10.8 Å². The highest BCUT2D eigenvalue weighted by Gasteiger charge is 2.56. The second kappa shape index (κ2) is 10.0. The summed E-state index contributed by atoms with van der Waals surface area (Å²) in [7, 11) is -2.52. The molecule has 0 aliphatic carbocycles. The van der Waals surface area contributed by atoms with Crippen molar-refractivity contribution in [2.45, 2.75) is 69.9 Å². The number of benzene rings is 2. The maximum atomic E-state index is 7.77. The van der Waals surface area contributed by atoms with E-state index in [2.05, 4.69) is 94.3 Å². The molecule has 0 bridgehead atoms. The lowest BCUT2D eigenvalue weighted by molar-refractivity contribution is 0.108. The molecule has 2 heterocycles. The number of aromatic nitrogens is 1. The molecule has 2 atom stereocenters. The minimum atomic E-state index is -2.53. The molecule has 36 heavy (non-hydrogen) atoms. The Morgan fingerprint density at radius 3 is 2.31 bits per heavy atom. The molecular formula is C31H39NO2Si2. The van der Waals surface area contributed by atoms with Gasteiger partial charge in [0.15, 0.2) is 5.60 Å². The summed E-state index contributed by atoms with van der Waals surface area (Å²) in [4.78, 5) is 4.73. The van der Waals surface area contributed by atoms with Crippen LogP contribution >= 0.6 is 0 Å². The normalized spacial score (nSPS) is 19.1. The number of fused-ring (bicyclic) bond motifs is 1. The Morgan fingerprint density at radius 2 is 1.64 bits per heavy atom. The van der Waals surface area contributed by atoms with E-state index in [0.29, 0.717) is 6.42 Å². The third-order valence-corrected chi connectivity index (χ3v) is 13.4. The van der Waals surface area contributed by atoms with Gasteiger partial charge >= 0.3 is 0 Å². The van der Waals surface area contributed by atoms with Gasteiger partial charge in [0.2, 0.25) is 8.32 Å². The fourth-order valence-corrected chi connectivity index (χ4v) is 10.7. The van der Waals surface area contributed by atoms with Gasteiger partial charge in [0, 0.05) is 23.9 Å². The van der Waals surface area contributed by atoms with Crippen LogP contribution in [0.15, 0.2) is 72.9 Å². The Morgan fingerprint density at radius 1 is 0.944 bits per heavy atom. The first-order chi connectivity index (χ1) is 17.0. The van der Waals surface area contributed by atoms with Crippen LogP contribution in [0.3, 0.4) is 0 Å². The van der Waals surface area contributed by atoms with Crippen LogP contribution in [0.25, 0.3) is 0 Å². The molecule has 0 radical (unpaired) electrons. The maximum Gasteiger partial charge on any atom is 0.232 e. The zero-order chi connectivity index (χ0) is 26.0. The molecule has 0 fully saturated rings. The first-order valence-corrected chi connectivity index (χ1v) is 18.5. The largest absolute Gasteiger partial charge is 0.496 e. The van der Waals surface area contributed by atoms with E-state index < -0.39 is 22.0 Å². The average molecular weight is 514 g/mol. The van der Waals surface area contributed by atoms with E-state index in [-0.39, 0.29) is 5.04 Å². The number of ether oxygens (including phenoxy) is 1. The number of para-hydroxylation sites is 1. The molecule has 3 nitrogen and oxygen atoms in total. The summed E-state index contributed by atoms with van der Waals surface area (Å²) in [5.74, 6) is 4.58. The van der Waals surface area contributed by atoms with Crippen LogP contribution < -0.4 is 9.92 Å². The van der Waals surface area contributed by atoms with Crippen LogP contribution in [0.1, 0.15) is 37.6 Å². The molecule has 4 rings (SSSR count). The van der Waals surface area contributed by atoms with Gasteiger partial charge < -0.3 is 9.16 Å². The second-order valence-corrected chi connectivity index (χ2v) is 21.0. The van der Waals surface area contributed by atoms with Crippen LogP contribution in [-0.2, 0) is 22.9 Å². The Labute approximate surface area is 219 Å². The predicted octanol–water partition coefficient (Wildman–Crippen LogP) is 6.63. The molecule has 0 saturated carbocycles. The van der Waals surface area contributed by atoms with Gasteiger partial charge in [-0.1, -0.05) is 94.9 Å². The van der Waals surface area contributed by atoms with E-state index in [4.69, 9.17) is 14.1 Å². The van der Waals surface area contributed by atoms with Crippen molar-refractivity contribution in [2.75, 3.05) is 7.11 Å². The second-order valence-electron chi connectivity index (χ2n) is 11.9.